The van der Waals surface area contributed by atoms with Gasteiger partial charge in [0.05, 0.1) is 11.3 Å². The van der Waals surface area contributed by atoms with E-state index in [9.17, 15) is 0 Å². The molecule has 0 bridgehead atoms. The summed E-state index contributed by atoms with van der Waals surface area (Å²) in [6, 6.07) is 36.2. The maximum Gasteiger partial charge on any atom is 2.00 e. The zero-order valence-electron chi connectivity index (χ0n) is 30.4. The smallest absolute Gasteiger partial charge is 0.509 e. The third kappa shape index (κ3) is 6.12. The van der Waals surface area contributed by atoms with Crippen molar-refractivity contribution < 1.29 is 25.8 Å². The number of aromatic nitrogens is 7. The molecule has 0 aliphatic carbocycles. The number of imidazole rings is 1. The number of rotatable bonds is 7. The van der Waals surface area contributed by atoms with E-state index in [0.717, 1.165) is 72.6 Å². The molecule has 5 aromatic heterocycles. The summed E-state index contributed by atoms with van der Waals surface area (Å²) in [4.78, 5) is 13.6. The Morgan fingerprint density at radius 3 is 2.28 bits per heavy atom. The van der Waals surface area contributed by atoms with Crippen molar-refractivity contribution in [2.75, 3.05) is 0 Å². The van der Waals surface area contributed by atoms with Crippen LogP contribution in [0, 0.1) is 46.8 Å². The van der Waals surface area contributed by atoms with Gasteiger partial charge >= 0.3 is 21.1 Å². The van der Waals surface area contributed by atoms with Gasteiger partial charge in [0.25, 0.3) is 0 Å². The van der Waals surface area contributed by atoms with Crippen LogP contribution in [0.2, 0.25) is 0 Å². The molecule has 9 rings (SSSR count). The van der Waals surface area contributed by atoms with Crippen LogP contribution in [0.25, 0.3) is 61.5 Å². The number of benzene rings is 4. The van der Waals surface area contributed by atoms with Gasteiger partial charge in [-0.3, -0.25) is 14.2 Å². The van der Waals surface area contributed by atoms with Gasteiger partial charge in [-0.2, -0.15) is 16.7 Å². The van der Waals surface area contributed by atoms with Gasteiger partial charge in [-0.1, -0.05) is 42.8 Å². The minimum atomic E-state index is 0. The summed E-state index contributed by atoms with van der Waals surface area (Å²) in [5, 5.41) is 7.47. The molecule has 0 amide bonds. The van der Waals surface area contributed by atoms with Crippen molar-refractivity contribution in [2.24, 2.45) is 0 Å². The number of ether oxygens (including phenoxy) is 1. The minimum absolute atomic E-state index is 0. The SMILES string of the molecule is Cc1cc(Oc2[c-]c3c(cc2)c2ccccc2n3-c2cc(C)ccn2)[c-]c(-n2nc(-n3ccnc3)c(-c3cc(C)c(C)c(C)c3)c2-c2cccnc2)c1.[Pt+2]. The van der Waals surface area contributed by atoms with E-state index in [1.165, 1.54) is 16.7 Å². The fourth-order valence-corrected chi connectivity index (χ4v) is 7.13. The summed E-state index contributed by atoms with van der Waals surface area (Å²) in [6.45, 7) is 10.6. The minimum Gasteiger partial charge on any atom is -0.509 e. The average Bonchev–Trinajstić information content (AvgIpc) is 3.90. The Bertz CT molecular complexity index is 2800. The van der Waals surface area contributed by atoms with Gasteiger partial charge in [0.2, 0.25) is 0 Å². The van der Waals surface area contributed by atoms with Gasteiger partial charge in [-0.25, -0.2) is 9.97 Å². The van der Waals surface area contributed by atoms with E-state index in [2.05, 4.69) is 116 Å². The maximum absolute atomic E-state index is 6.61. The third-order valence-corrected chi connectivity index (χ3v) is 9.88. The van der Waals surface area contributed by atoms with E-state index >= 15 is 0 Å². The first-order valence-corrected chi connectivity index (χ1v) is 17.5. The van der Waals surface area contributed by atoms with Crippen molar-refractivity contribution in [2.45, 2.75) is 34.6 Å². The molecule has 0 spiro atoms. The number of hydrogen-bond acceptors (Lipinski definition) is 5. The molecular formula is C45H35N7OPt. The van der Waals surface area contributed by atoms with Crippen LogP contribution in [-0.4, -0.2) is 33.9 Å². The molecule has 0 saturated carbocycles. The van der Waals surface area contributed by atoms with Crippen LogP contribution >= 0.6 is 0 Å². The number of hydrogen-bond donors (Lipinski definition) is 0. The number of fused-ring (bicyclic) bond motifs is 3. The first-order chi connectivity index (χ1) is 25.8. The molecule has 0 atom stereocenters. The van der Waals surface area contributed by atoms with Gasteiger partial charge in [-0.05, 0) is 96.9 Å². The largest absolute Gasteiger partial charge is 2.00 e. The van der Waals surface area contributed by atoms with Crippen LogP contribution in [0.15, 0.2) is 122 Å². The molecule has 4 aromatic carbocycles. The molecule has 9 aromatic rings. The Balaban J connectivity index is 0.00000413. The number of aryl methyl sites for hydroxylation is 4. The van der Waals surface area contributed by atoms with Crippen LogP contribution < -0.4 is 4.74 Å². The Morgan fingerprint density at radius 1 is 0.685 bits per heavy atom. The second-order valence-electron chi connectivity index (χ2n) is 13.5. The topological polar surface area (TPSA) is 75.6 Å². The molecule has 5 heterocycles. The standard InChI is InChI=1S/C45H35N7O.Pt/c1-28-14-16-48-42(21-28)51-40-11-7-6-10-38(40)39-13-12-36(25-41(39)51)53-37-20-29(2)19-35(24-37)52-44(33-9-8-15-46-26-33)43(45(49-52)50-18-17-47-27-50)34-22-30(3)32(5)31(4)23-34;/h6-23,26-27H,1-5H3;/q-2;+2. The zero-order valence-corrected chi connectivity index (χ0v) is 32.7. The van der Waals surface area contributed by atoms with E-state index in [4.69, 9.17) is 14.8 Å². The molecule has 266 valence electrons. The predicted octanol–water partition coefficient (Wildman–Crippen LogP) is 10.2. The molecule has 0 aliphatic rings. The summed E-state index contributed by atoms with van der Waals surface area (Å²) >= 11 is 0. The van der Waals surface area contributed by atoms with Gasteiger partial charge in [0, 0.05) is 53.6 Å². The second-order valence-corrected chi connectivity index (χ2v) is 13.5. The van der Waals surface area contributed by atoms with E-state index in [1.807, 2.05) is 58.2 Å². The van der Waals surface area contributed by atoms with Gasteiger partial charge in [0.15, 0.2) is 5.82 Å². The van der Waals surface area contributed by atoms with E-state index in [1.54, 1.807) is 18.7 Å². The van der Waals surface area contributed by atoms with Gasteiger partial charge in [-0.15, -0.1) is 35.7 Å². The van der Waals surface area contributed by atoms with Crippen molar-refractivity contribution in [1.29, 1.82) is 0 Å². The fourth-order valence-electron chi connectivity index (χ4n) is 7.13. The summed E-state index contributed by atoms with van der Waals surface area (Å²) in [5.74, 6) is 2.70. The van der Waals surface area contributed by atoms with E-state index in [0.29, 0.717) is 11.5 Å². The molecular weight excluding hydrogens is 850 g/mol. The zero-order chi connectivity index (χ0) is 36.2. The molecule has 0 unspecified atom stereocenters. The Hall–Kier alpha value is -6.11. The molecule has 54 heavy (non-hydrogen) atoms. The van der Waals surface area contributed by atoms with Crippen LogP contribution in [0.4, 0.5) is 0 Å². The Kier molecular flexibility index (Phi) is 9.08. The van der Waals surface area contributed by atoms with Crippen LogP contribution in [0.5, 0.6) is 11.5 Å². The predicted molar refractivity (Wildman–Crippen MR) is 209 cm³/mol. The maximum atomic E-state index is 6.61. The quantitative estimate of drug-likeness (QED) is 0.149. The normalized spacial score (nSPS) is 11.3. The van der Waals surface area contributed by atoms with Crippen LogP contribution in [-0.2, 0) is 21.1 Å². The molecule has 0 saturated heterocycles. The summed E-state index contributed by atoms with van der Waals surface area (Å²) in [6.07, 6.45) is 11.0. The van der Waals surface area contributed by atoms with Crippen molar-refractivity contribution >= 4 is 21.8 Å². The average molecular weight is 885 g/mol. The number of para-hydroxylation sites is 1. The van der Waals surface area contributed by atoms with E-state index in [-0.39, 0.29) is 21.1 Å². The van der Waals surface area contributed by atoms with Crippen molar-refractivity contribution in [3.05, 3.63) is 162 Å². The molecule has 0 N–H and O–H groups in total. The summed E-state index contributed by atoms with van der Waals surface area (Å²) in [5.41, 5.74) is 12.3. The van der Waals surface area contributed by atoms with E-state index < -0.39 is 0 Å². The van der Waals surface area contributed by atoms with Crippen molar-refractivity contribution in [3.8, 4) is 51.2 Å². The first kappa shape index (κ1) is 34.9. The number of pyridine rings is 2. The Morgan fingerprint density at radius 2 is 1.52 bits per heavy atom. The van der Waals surface area contributed by atoms with Gasteiger partial charge < -0.3 is 9.30 Å². The number of nitrogens with zero attached hydrogens (tertiary/aromatic N) is 7. The van der Waals surface area contributed by atoms with Crippen molar-refractivity contribution in [1.82, 2.24) is 33.9 Å². The molecule has 0 fully saturated rings. The monoisotopic (exact) mass is 884 g/mol. The van der Waals surface area contributed by atoms with Crippen LogP contribution in [0.1, 0.15) is 27.8 Å². The fraction of sp³-hybridized carbons (Fsp3) is 0.111. The van der Waals surface area contributed by atoms with Crippen LogP contribution in [0.3, 0.4) is 0 Å². The summed E-state index contributed by atoms with van der Waals surface area (Å²) in [7, 11) is 0. The molecule has 0 aliphatic heterocycles. The molecule has 8 nitrogen and oxygen atoms in total. The molecule has 0 radical (unpaired) electrons. The molecule has 9 heteroatoms. The third-order valence-electron chi connectivity index (χ3n) is 9.88. The Labute approximate surface area is 328 Å². The van der Waals surface area contributed by atoms with Gasteiger partial charge in [0.1, 0.15) is 12.1 Å². The summed E-state index contributed by atoms with van der Waals surface area (Å²) < 4.78 is 12.7. The van der Waals surface area contributed by atoms with Crippen molar-refractivity contribution in [3.63, 3.8) is 0 Å². The second kappa shape index (κ2) is 14.0. The first-order valence-electron chi connectivity index (χ1n) is 17.5.